The number of ether oxygens (including phenoxy) is 4. The number of esters is 2. The molecule has 4 atom stereocenters. The molecule has 1 aliphatic carbocycles. The molecule has 0 spiro atoms. The first-order chi connectivity index (χ1) is 27.3. The first kappa shape index (κ1) is 41.5. The summed E-state index contributed by atoms with van der Waals surface area (Å²) in [5.41, 5.74) is 1.78. The summed E-state index contributed by atoms with van der Waals surface area (Å²) < 4.78 is 22.9. The molecule has 56 heavy (non-hydrogen) atoms. The Morgan fingerprint density at radius 1 is 0.500 bits per heavy atom. The van der Waals surface area contributed by atoms with Crippen LogP contribution in [-0.4, -0.2) is 47.0 Å². The quantitative estimate of drug-likeness (QED) is 0.0727. The maximum Gasteiger partial charge on any atom is 0.418 e. The summed E-state index contributed by atoms with van der Waals surface area (Å²) in [6.07, 6.45) is 3.38. The topological polar surface area (TPSA) is 112 Å². The number of carbonyl (C=O) groups excluding carboxylic acids is 4. The van der Waals surface area contributed by atoms with E-state index in [1.54, 1.807) is 9.80 Å². The second-order valence-corrected chi connectivity index (χ2v) is 14.1. The Morgan fingerprint density at radius 3 is 1.14 bits per heavy atom. The number of para-hydroxylation sites is 2. The highest BCUT2D eigenvalue weighted by atomic mass is 16.6. The van der Waals surface area contributed by atoms with E-state index < -0.39 is 36.0 Å². The van der Waals surface area contributed by atoms with Crippen molar-refractivity contribution >= 4 is 24.1 Å². The largest absolute Gasteiger partial charge is 0.457 e. The molecule has 0 aliphatic heterocycles. The van der Waals surface area contributed by atoms with Gasteiger partial charge in [0.25, 0.3) is 0 Å². The smallest absolute Gasteiger partial charge is 0.418 e. The highest BCUT2D eigenvalue weighted by Crippen LogP contribution is 2.38. The van der Waals surface area contributed by atoms with E-state index in [4.69, 9.17) is 18.9 Å². The molecule has 2 amide bonds. The Kier molecular flexibility index (Phi) is 15.5. The van der Waals surface area contributed by atoms with E-state index in [1.807, 2.05) is 137 Å². The molecule has 0 radical (unpaired) electrons. The minimum Gasteiger partial charge on any atom is -0.457 e. The molecule has 4 aromatic carbocycles. The van der Waals surface area contributed by atoms with Crippen LogP contribution in [0, 0.1) is 11.8 Å². The van der Waals surface area contributed by atoms with Gasteiger partial charge in [-0.2, -0.15) is 0 Å². The van der Waals surface area contributed by atoms with Crippen LogP contribution in [0.3, 0.4) is 0 Å². The number of benzene rings is 4. The van der Waals surface area contributed by atoms with Crippen LogP contribution in [0.1, 0.15) is 102 Å². The van der Waals surface area contributed by atoms with Crippen LogP contribution in [0.15, 0.2) is 109 Å². The first-order valence-electron chi connectivity index (χ1n) is 20.0. The van der Waals surface area contributed by atoms with Crippen LogP contribution < -0.4 is 9.47 Å². The molecule has 4 aromatic rings. The number of carbonyl (C=O) groups is 4. The van der Waals surface area contributed by atoms with Crippen molar-refractivity contribution in [3.05, 3.63) is 120 Å². The number of amides is 2. The van der Waals surface area contributed by atoms with Gasteiger partial charge < -0.3 is 28.7 Å². The van der Waals surface area contributed by atoms with Crippen LogP contribution in [0.25, 0.3) is 0 Å². The van der Waals surface area contributed by atoms with E-state index in [2.05, 4.69) is 0 Å². The summed E-state index contributed by atoms with van der Waals surface area (Å²) in [4.78, 5) is 57.4. The minimum atomic E-state index is -0.884. The van der Waals surface area contributed by atoms with Gasteiger partial charge in [-0.1, -0.05) is 101 Å². The highest BCUT2D eigenvalue weighted by Gasteiger charge is 2.46. The average Bonchev–Trinajstić information content (AvgIpc) is 3.18. The molecule has 0 N–H and O–H groups in total. The Labute approximate surface area is 330 Å². The number of hydrogen-bond donors (Lipinski definition) is 0. The average molecular weight is 763 g/mol. The SMILES string of the molecule is CCC[C@@H](c1ccc(Oc2ccccc2)cc1)N(CCC)C(=O)OC(=O)C1CCC1C(=O)OC(=O)N(CCC)[C@@H](CCC)c1ccc(Oc2ccccc2)cc1. The Balaban J connectivity index is 1.21. The predicted octanol–water partition coefficient (Wildman–Crippen LogP) is 11.4. The third-order valence-electron chi connectivity index (χ3n) is 10.0. The number of nitrogens with zero attached hydrogens (tertiary/aromatic N) is 2. The van der Waals surface area contributed by atoms with Crippen LogP contribution in [0.4, 0.5) is 9.59 Å². The fourth-order valence-corrected chi connectivity index (χ4v) is 7.05. The van der Waals surface area contributed by atoms with Crippen LogP contribution >= 0.6 is 0 Å². The van der Waals surface area contributed by atoms with Crippen molar-refractivity contribution in [3.63, 3.8) is 0 Å². The van der Waals surface area contributed by atoms with Crippen LogP contribution in [0.2, 0.25) is 0 Å². The standard InChI is InChI=1S/C46H54N2O8/c1-5-15-41(33-21-25-37(26-22-33)53-35-17-11-9-12-18-35)47(31-7-3)45(51)55-43(49)39-29-30-40(39)44(50)56-46(52)48(32-8-4)42(16-6-2)34-23-27-38(28-24-34)54-36-19-13-10-14-20-36/h9-14,17-28,39-42H,5-8,15-16,29-32H2,1-4H3/t39?,40?,41-,42-/m0/s1. The molecule has 1 saturated carbocycles. The van der Waals surface area contributed by atoms with Gasteiger partial charge in [0, 0.05) is 13.1 Å². The van der Waals surface area contributed by atoms with Gasteiger partial charge in [-0.25, -0.2) is 9.59 Å². The Morgan fingerprint density at radius 2 is 0.839 bits per heavy atom. The molecule has 1 aliphatic rings. The molecule has 0 heterocycles. The zero-order valence-electron chi connectivity index (χ0n) is 32.9. The van der Waals surface area contributed by atoms with Gasteiger partial charge in [0.2, 0.25) is 0 Å². The lowest BCUT2D eigenvalue weighted by atomic mass is 9.74. The molecule has 0 aromatic heterocycles. The predicted molar refractivity (Wildman–Crippen MR) is 214 cm³/mol. The molecule has 2 unspecified atom stereocenters. The van der Waals surface area contributed by atoms with Crippen LogP contribution in [-0.2, 0) is 19.1 Å². The summed E-state index contributed by atoms with van der Waals surface area (Å²) in [6.45, 7) is 8.74. The van der Waals surface area contributed by atoms with E-state index in [0.29, 0.717) is 63.1 Å². The lowest BCUT2D eigenvalue weighted by Crippen LogP contribution is -2.45. The molecule has 1 fully saturated rings. The number of rotatable bonds is 18. The van der Waals surface area contributed by atoms with Crippen molar-refractivity contribution in [2.45, 2.75) is 91.1 Å². The van der Waals surface area contributed by atoms with E-state index in [-0.39, 0.29) is 12.1 Å². The van der Waals surface area contributed by atoms with Gasteiger partial charge in [0.05, 0.1) is 23.9 Å². The van der Waals surface area contributed by atoms with Crippen molar-refractivity contribution in [2.75, 3.05) is 13.1 Å². The maximum absolute atomic E-state index is 13.7. The third kappa shape index (κ3) is 11.0. The zero-order chi connectivity index (χ0) is 39.9. The summed E-state index contributed by atoms with van der Waals surface area (Å²) in [5.74, 6) is -0.570. The summed E-state index contributed by atoms with van der Waals surface area (Å²) in [7, 11) is 0. The molecular weight excluding hydrogens is 709 g/mol. The van der Waals surface area contributed by atoms with E-state index in [0.717, 1.165) is 35.5 Å². The fraction of sp³-hybridized carbons (Fsp3) is 0.391. The van der Waals surface area contributed by atoms with Gasteiger partial charge in [-0.15, -0.1) is 0 Å². The zero-order valence-corrected chi connectivity index (χ0v) is 32.9. The normalized spacial score (nSPS) is 15.7. The summed E-state index contributed by atoms with van der Waals surface area (Å²) >= 11 is 0. The molecule has 10 nitrogen and oxygen atoms in total. The Bertz CT molecular complexity index is 1710. The molecule has 0 bridgehead atoms. The van der Waals surface area contributed by atoms with E-state index in [1.165, 1.54) is 0 Å². The molecule has 0 saturated heterocycles. The lowest BCUT2D eigenvalue weighted by Gasteiger charge is -2.35. The van der Waals surface area contributed by atoms with Gasteiger partial charge in [0.1, 0.15) is 23.0 Å². The molecule has 296 valence electrons. The van der Waals surface area contributed by atoms with Crippen molar-refractivity contribution in [1.82, 2.24) is 9.80 Å². The highest BCUT2D eigenvalue weighted by molar-refractivity contribution is 5.93. The van der Waals surface area contributed by atoms with E-state index >= 15 is 0 Å². The van der Waals surface area contributed by atoms with Gasteiger partial charge in [-0.3, -0.25) is 9.59 Å². The monoisotopic (exact) mass is 762 g/mol. The number of hydrogen-bond acceptors (Lipinski definition) is 8. The fourth-order valence-electron chi connectivity index (χ4n) is 7.05. The van der Waals surface area contributed by atoms with Crippen molar-refractivity contribution in [2.24, 2.45) is 11.8 Å². The van der Waals surface area contributed by atoms with Gasteiger partial charge in [0.15, 0.2) is 0 Å². The summed E-state index contributed by atoms with van der Waals surface area (Å²) in [5, 5.41) is 0. The van der Waals surface area contributed by atoms with Crippen molar-refractivity contribution in [1.29, 1.82) is 0 Å². The van der Waals surface area contributed by atoms with Gasteiger partial charge >= 0.3 is 24.1 Å². The van der Waals surface area contributed by atoms with Crippen LogP contribution in [0.5, 0.6) is 23.0 Å². The molecule has 5 rings (SSSR count). The third-order valence-corrected chi connectivity index (χ3v) is 10.0. The van der Waals surface area contributed by atoms with Crippen molar-refractivity contribution < 1.29 is 38.1 Å². The Hall–Kier alpha value is -5.64. The van der Waals surface area contributed by atoms with E-state index in [9.17, 15) is 19.2 Å². The molecule has 10 heteroatoms. The molecular formula is C46H54N2O8. The summed E-state index contributed by atoms with van der Waals surface area (Å²) in [6, 6.07) is 33.4. The van der Waals surface area contributed by atoms with Crippen molar-refractivity contribution in [3.8, 4) is 23.0 Å². The lowest BCUT2D eigenvalue weighted by molar-refractivity contribution is -0.161. The minimum absolute atomic E-state index is 0.334. The first-order valence-corrected chi connectivity index (χ1v) is 20.0. The van der Waals surface area contributed by atoms with Gasteiger partial charge in [-0.05, 0) is 98.2 Å². The second kappa shape index (κ2) is 20.9. The maximum atomic E-state index is 13.7. The second-order valence-electron chi connectivity index (χ2n) is 14.1.